The summed E-state index contributed by atoms with van der Waals surface area (Å²) in [7, 11) is 1.69. The number of anilines is 1. The molecule has 1 unspecified atom stereocenters. The van der Waals surface area contributed by atoms with Crippen LogP contribution in [0.25, 0.3) is 0 Å². The van der Waals surface area contributed by atoms with Gasteiger partial charge in [0, 0.05) is 44.0 Å². The number of carbonyl (C=O) groups is 1. The SMILES string of the molecule is CNC(=O)c1ccc2c3c1CCN3CCNC2C. The molecule has 1 atom stereocenters. The molecule has 0 spiro atoms. The standard InChI is InChI=1S/C14H19N3O/c1-9-10-3-4-12(14(18)15-2)11-5-7-17(13(10)11)8-6-16-9/h3-4,9,16H,5-8H2,1-2H3,(H,15,18). The highest BCUT2D eigenvalue weighted by atomic mass is 16.1. The fourth-order valence-corrected chi connectivity index (χ4v) is 3.09. The Labute approximate surface area is 107 Å². The summed E-state index contributed by atoms with van der Waals surface area (Å²) in [5, 5.41) is 6.25. The Kier molecular flexibility index (Phi) is 2.74. The van der Waals surface area contributed by atoms with Crippen LogP contribution in [0, 0.1) is 0 Å². The summed E-state index contributed by atoms with van der Waals surface area (Å²) < 4.78 is 0. The van der Waals surface area contributed by atoms with Gasteiger partial charge in [0.2, 0.25) is 0 Å². The van der Waals surface area contributed by atoms with Gasteiger partial charge < -0.3 is 15.5 Å². The van der Waals surface area contributed by atoms with E-state index in [-0.39, 0.29) is 5.91 Å². The van der Waals surface area contributed by atoms with Gasteiger partial charge in [0.1, 0.15) is 0 Å². The van der Waals surface area contributed by atoms with Crippen LogP contribution in [0.15, 0.2) is 12.1 Å². The van der Waals surface area contributed by atoms with E-state index in [0.717, 1.165) is 31.6 Å². The van der Waals surface area contributed by atoms with Crippen LogP contribution in [0.5, 0.6) is 0 Å². The summed E-state index contributed by atoms with van der Waals surface area (Å²) in [6, 6.07) is 4.44. The number of rotatable bonds is 1. The van der Waals surface area contributed by atoms with Crippen LogP contribution >= 0.6 is 0 Å². The number of nitrogens with one attached hydrogen (secondary N) is 2. The molecule has 0 fully saturated rings. The highest BCUT2D eigenvalue weighted by Gasteiger charge is 2.30. The molecule has 0 aromatic heterocycles. The van der Waals surface area contributed by atoms with Crippen molar-refractivity contribution in [1.29, 1.82) is 0 Å². The maximum absolute atomic E-state index is 11.9. The monoisotopic (exact) mass is 245 g/mol. The van der Waals surface area contributed by atoms with E-state index in [1.807, 2.05) is 6.07 Å². The van der Waals surface area contributed by atoms with E-state index in [9.17, 15) is 4.79 Å². The topological polar surface area (TPSA) is 44.4 Å². The summed E-state index contributed by atoms with van der Waals surface area (Å²) in [5.41, 5.74) is 4.69. The lowest BCUT2D eigenvalue weighted by molar-refractivity contribution is 0.0962. The minimum absolute atomic E-state index is 0.0273. The van der Waals surface area contributed by atoms with Crippen molar-refractivity contribution in [2.45, 2.75) is 19.4 Å². The molecule has 4 heteroatoms. The Hall–Kier alpha value is -1.55. The van der Waals surface area contributed by atoms with Gasteiger partial charge in [-0.15, -0.1) is 0 Å². The first-order valence-electron chi connectivity index (χ1n) is 6.58. The molecule has 4 nitrogen and oxygen atoms in total. The van der Waals surface area contributed by atoms with E-state index in [1.54, 1.807) is 7.05 Å². The van der Waals surface area contributed by atoms with E-state index in [0.29, 0.717) is 6.04 Å². The van der Waals surface area contributed by atoms with Crippen LogP contribution in [0.4, 0.5) is 5.69 Å². The van der Waals surface area contributed by atoms with Crippen molar-refractivity contribution < 1.29 is 4.79 Å². The van der Waals surface area contributed by atoms with Gasteiger partial charge in [-0.25, -0.2) is 0 Å². The van der Waals surface area contributed by atoms with E-state index >= 15 is 0 Å². The number of benzene rings is 1. The van der Waals surface area contributed by atoms with Gasteiger partial charge in [-0.05, 0) is 30.5 Å². The maximum atomic E-state index is 11.9. The minimum Gasteiger partial charge on any atom is -0.369 e. The van der Waals surface area contributed by atoms with Crippen molar-refractivity contribution in [3.8, 4) is 0 Å². The lowest BCUT2D eigenvalue weighted by atomic mass is 9.97. The number of hydrogen-bond acceptors (Lipinski definition) is 3. The number of hydrogen-bond donors (Lipinski definition) is 2. The first-order chi connectivity index (χ1) is 8.72. The smallest absolute Gasteiger partial charge is 0.251 e. The van der Waals surface area contributed by atoms with Crippen LogP contribution in [0.2, 0.25) is 0 Å². The Morgan fingerprint density at radius 1 is 1.44 bits per heavy atom. The molecule has 0 saturated heterocycles. The summed E-state index contributed by atoms with van der Waals surface area (Å²) in [5.74, 6) is 0.0273. The second kappa shape index (κ2) is 4.28. The molecule has 2 heterocycles. The van der Waals surface area contributed by atoms with Crippen LogP contribution in [0.1, 0.15) is 34.5 Å². The van der Waals surface area contributed by atoms with Crippen LogP contribution < -0.4 is 15.5 Å². The second-order valence-electron chi connectivity index (χ2n) is 5.02. The third kappa shape index (κ3) is 1.60. The van der Waals surface area contributed by atoms with Crippen molar-refractivity contribution in [1.82, 2.24) is 10.6 Å². The van der Waals surface area contributed by atoms with Gasteiger partial charge >= 0.3 is 0 Å². The van der Waals surface area contributed by atoms with Crippen molar-refractivity contribution >= 4 is 11.6 Å². The van der Waals surface area contributed by atoms with Gasteiger partial charge in [0.05, 0.1) is 0 Å². The average molecular weight is 245 g/mol. The Bertz CT molecular complexity index is 498. The zero-order valence-corrected chi connectivity index (χ0v) is 10.9. The van der Waals surface area contributed by atoms with Gasteiger partial charge in [0.15, 0.2) is 0 Å². The fourth-order valence-electron chi connectivity index (χ4n) is 3.09. The normalized spacial score (nSPS) is 21.4. The first-order valence-corrected chi connectivity index (χ1v) is 6.58. The van der Waals surface area contributed by atoms with Crippen LogP contribution in [-0.2, 0) is 6.42 Å². The molecule has 2 aliphatic heterocycles. The van der Waals surface area contributed by atoms with E-state index < -0.39 is 0 Å². The summed E-state index contributed by atoms with van der Waals surface area (Å²) in [6.45, 7) is 5.26. The Morgan fingerprint density at radius 3 is 3.06 bits per heavy atom. The van der Waals surface area contributed by atoms with E-state index in [2.05, 4.69) is 28.5 Å². The molecule has 18 heavy (non-hydrogen) atoms. The molecular formula is C14H19N3O. The summed E-state index contributed by atoms with van der Waals surface area (Å²) in [6.07, 6.45) is 0.985. The number of carbonyl (C=O) groups excluding carboxylic acids is 1. The quantitative estimate of drug-likeness (QED) is 0.778. The molecular weight excluding hydrogens is 226 g/mol. The van der Waals surface area contributed by atoms with Crippen molar-refractivity contribution in [3.63, 3.8) is 0 Å². The summed E-state index contributed by atoms with van der Waals surface area (Å²) >= 11 is 0. The molecule has 0 radical (unpaired) electrons. The largest absolute Gasteiger partial charge is 0.369 e. The van der Waals surface area contributed by atoms with Crippen LogP contribution in [0.3, 0.4) is 0 Å². The Balaban J connectivity index is 2.16. The van der Waals surface area contributed by atoms with Crippen molar-refractivity contribution in [2.24, 2.45) is 0 Å². The Morgan fingerprint density at radius 2 is 2.28 bits per heavy atom. The van der Waals surface area contributed by atoms with Crippen LogP contribution in [-0.4, -0.2) is 32.6 Å². The first kappa shape index (κ1) is 11.5. The third-order valence-electron chi connectivity index (χ3n) is 4.03. The highest BCUT2D eigenvalue weighted by molar-refractivity contribution is 5.98. The molecule has 1 amide bonds. The predicted octanol–water partition coefficient (Wildman–Crippen LogP) is 1.07. The summed E-state index contributed by atoms with van der Waals surface area (Å²) in [4.78, 5) is 14.3. The fraction of sp³-hybridized carbons (Fsp3) is 0.500. The molecule has 96 valence electrons. The van der Waals surface area contributed by atoms with E-state index in [1.165, 1.54) is 16.8 Å². The third-order valence-corrected chi connectivity index (χ3v) is 4.03. The van der Waals surface area contributed by atoms with Crippen molar-refractivity contribution in [3.05, 3.63) is 28.8 Å². The van der Waals surface area contributed by atoms with Gasteiger partial charge in [-0.2, -0.15) is 0 Å². The average Bonchev–Trinajstić information content (AvgIpc) is 2.73. The molecule has 2 aliphatic rings. The lowest BCUT2D eigenvalue weighted by Crippen LogP contribution is -2.27. The zero-order valence-electron chi connectivity index (χ0n) is 10.9. The molecule has 0 bridgehead atoms. The number of nitrogens with zero attached hydrogens (tertiary/aromatic N) is 1. The van der Waals surface area contributed by atoms with Gasteiger partial charge in [-0.3, -0.25) is 4.79 Å². The highest BCUT2D eigenvalue weighted by Crippen LogP contribution is 2.38. The molecule has 3 rings (SSSR count). The second-order valence-corrected chi connectivity index (χ2v) is 5.02. The lowest BCUT2D eigenvalue weighted by Gasteiger charge is -2.20. The van der Waals surface area contributed by atoms with Gasteiger partial charge in [0.25, 0.3) is 5.91 Å². The molecule has 0 saturated carbocycles. The van der Waals surface area contributed by atoms with Crippen molar-refractivity contribution in [2.75, 3.05) is 31.6 Å². The molecule has 2 N–H and O–H groups in total. The predicted molar refractivity (Wildman–Crippen MR) is 72.2 cm³/mol. The number of amides is 1. The van der Waals surface area contributed by atoms with Gasteiger partial charge in [-0.1, -0.05) is 6.07 Å². The molecule has 0 aliphatic carbocycles. The zero-order chi connectivity index (χ0) is 12.7. The molecule has 1 aromatic rings. The molecule has 1 aromatic carbocycles. The van der Waals surface area contributed by atoms with E-state index in [4.69, 9.17) is 0 Å². The maximum Gasteiger partial charge on any atom is 0.251 e. The minimum atomic E-state index is 0.0273.